The van der Waals surface area contributed by atoms with Crippen LogP contribution in [0, 0.1) is 20.8 Å². The zero-order valence-electron chi connectivity index (χ0n) is 16.3. The standard InChI is InChI=1S/C21H21ClN6S/c1-13-9-10-17(12-18(13)22)25-20(27-19-23-14(2)11-15(3)24-19)28-21(29)26-16-7-5-4-6-8-16/h4-12H,1-3H3,(H3,23,24,25,26,27,28,29). The van der Waals surface area contributed by atoms with Crippen molar-refractivity contribution >= 4 is 52.2 Å². The highest BCUT2D eigenvalue weighted by atomic mass is 35.5. The average molecular weight is 425 g/mol. The number of aliphatic imine (C=N–C) groups is 1. The molecule has 2 aromatic carbocycles. The number of halogens is 1. The van der Waals surface area contributed by atoms with Crippen LogP contribution < -0.4 is 16.0 Å². The normalized spacial score (nSPS) is 11.1. The lowest BCUT2D eigenvalue weighted by molar-refractivity contribution is 1.06. The fraction of sp³-hybridized carbons (Fsp3) is 0.143. The predicted molar refractivity (Wildman–Crippen MR) is 125 cm³/mol. The van der Waals surface area contributed by atoms with Crippen LogP contribution in [-0.4, -0.2) is 21.0 Å². The van der Waals surface area contributed by atoms with E-state index in [0.29, 0.717) is 16.9 Å². The number of para-hydroxylation sites is 1. The number of hydrogen-bond acceptors (Lipinski definition) is 3. The summed E-state index contributed by atoms with van der Waals surface area (Å²) in [4.78, 5) is 13.3. The molecule has 0 aliphatic heterocycles. The Morgan fingerprint density at radius 1 is 0.862 bits per heavy atom. The van der Waals surface area contributed by atoms with Gasteiger partial charge in [-0.05, 0) is 68.9 Å². The number of thiocarbonyl (C=S) groups is 1. The molecule has 0 aliphatic rings. The van der Waals surface area contributed by atoms with E-state index in [1.807, 2.05) is 75.4 Å². The van der Waals surface area contributed by atoms with Gasteiger partial charge in [-0.25, -0.2) is 9.97 Å². The van der Waals surface area contributed by atoms with Crippen LogP contribution in [0.5, 0.6) is 0 Å². The van der Waals surface area contributed by atoms with Crippen LogP contribution in [0.4, 0.5) is 17.3 Å². The second kappa shape index (κ2) is 9.45. The fourth-order valence-corrected chi connectivity index (χ4v) is 2.95. The Labute approximate surface area is 180 Å². The van der Waals surface area contributed by atoms with Crippen molar-refractivity contribution < 1.29 is 0 Å². The second-order valence-corrected chi connectivity index (χ2v) is 7.24. The lowest BCUT2D eigenvalue weighted by Gasteiger charge is -2.13. The van der Waals surface area contributed by atoms with Crippen LogP contribution in [0.1, 0.15) is 17.0 Å². The van der Waals surface area contributed by atoms with Crippen molar-refractivity contribution in [2.75, 3.05) is 16.0 Å². The molecule has 0 aliphatic carbocycles. The van der Waals surface area contributed by atoms with E-state index in [4.69, 9.17) is 23.8 Å². The molecule has 29 heavy (non-hydrogen) atoms. The highest BCUT2D eigenvalue weighted by Gasteiger charge is 2.08. The smallest absolute Gasteiger partial charge is 0.229 e. The Bertz CT molecular complexity index is 1030. The molecule has 0 unspecified atom stereocenters. The highest BCUT2D eigenvalue weighted by molar-refractivity contribution is 7.80. The van der Waals surface area contributed by atoms with E-state index < -0.39 is 0 Å². The summed E-state index contributed by atoms with van der Waals surface area (Å²) in [6.45, 7) is 5.76. The van der Waals surface area contributed by atoms with Crippen molar-refractivity contribution in [1.82, 2.24) is 9.97 Å². The van der Waals surface area contributed by atoms with Gasteiger partial charge in [0.05, 0.1) is 0 Å². The topological polar surface area (TPSA) is 74.2 Å². The third kappa shape index (κ3) is 6.23. The van der Waals surface area contributed by atoms with E-state index in [2.05, 4.69) is 30.9 Å². The van der Waals surface area contributed by atoms with Crippen LogP contribution in [-0.2, 0) is 0 Å². The van der Waals surface area contributed by atoms with E-state index in [1.165, 1.54) is 0 Å². The Balaban J connectivity index is 1.86. The maximum atomic E-state index is 6.25. The summed E-state index contributed by atoms with van der Waals surface area (Å²) in [6, 6.07) is 17.2. The maximum absolute atomic E-state index is 6.25. The number of guanidine groups is 1. The van der Waals surface area contributed by atoms with Gasteiger partial charge in [0.2, 0.25) is 17.0 Å². The summed E-state index contributed by atoms with van der Waals surface area (Å²) in [7, 11) is 0. The van der Waals surface area contributed by atoms with Gasteiger partial charge in [-0.3, -0.25) is 5.32 Å². The van der Waals surface area contributed by atoms with Gasteiger partial charge in [0.25, 0.3) is 0 Å². The minimum Gasteiger partial charge on any atom is -0.331 e. The van der Waals surface area contributed by atoms with Gasteiger partial charge in [0.15, 0.2) is 0 Å². The fourth-order valence-electron chi connectivity index (χ4n) is 2.56. The molecule has 148 valence electrons. The first kappa shape index (κ1) is 20.7. The van der Waals surface area contributed by atoms with Gasteiger partial charge in [-0.15, -0.1) is 0 Å². The van der Waals surface area contributed by atoms with Crippen LogP contribution in [0.3, 0.4) is 0 Å². The minimum absolute atomic E-state index is 0.286. The van der Waals surface area contributed by atoms with Gasteiger partial charge in [-0.2, -0.15) is 4.99 Å². The summed E-state index contributed by atoms with van der Waals surface area (Å²) >= 11 is 11.6. The second-order valence-electron chi connectivity index (χ2n) is 6.44. The molecule has 0 fully saturated rings. The molecule has 8 heteroatoms. The molecule has 1 aromatic heterocycles. The summed E-state index contributed by atoms with van der Waals surface area (Å²) in [5, 5.41) is 10.3. The molecule has 3 rings (SSSR count). The molecule has 0 radical (unpaired) electrons. The van der Waals surface area contributed by atoms with E-state index >= 15 is 0 Å². The van der Waals surface area contributed by atoms with Crippen LogP contribution >= 0.6 is 23.8 Å². The highest BCUT2D eigenvalue weighted by Crippen LogP contribution is 2.20. The Hall–Kier alpha value is -3.03. The molecule has 0 spiro atoms. The third-order valence-corrected chi connectivity index (χ3v) is 4.49. The predicted octanol–water partition coefficient (Wildman–Crippen LogP) is 5.33. The molecule has 0 bridgehead atoms. The lowest BCUT2D eigenvalue weighted by atomic mass is 10.2. The third-order valence-electron chi connectivity index (χ3n) is 3.89. The zero-order chi connectivity index (χ0) is 20.8. The van der Waals surface area contributed by atoms with E-state index in [9.17, 15) is 0 Å². The SMILES string of the molecule is Cc1cc(C)nc(N/C(=N\C(=S)Nc2ccccc2)Nc2ccc(C)c(Cl)c2)n1. The van der Waals surface area contributed by atoms with Gasteiger partial charge in [0, 0.05) is 27.8 Å². The van der Waals surface area contributed by atoms with Crippen LogP contribution in [0.25, 0.3) is 0 Å². The molecule has 0 saturated carbocycles. The molecule has 6 nitrogen and oxygen atoms in total. The zero-order valence-corrected chi connectivity index (χ0v) is 17.9. The summed E-state index contributed by atoms with van der Waals surface area (Å²) in [6.07, 6.45) is 0. The van der Waals surface area contributed by atoms with Crippen molar-refractivity contribution in [3.8, 4) is 0 Å². The van der Waals surface area contributed by atoms with Crippen molar-refractivity contribution in [3.05, 3.63) is 76.6 Å². The molecule has 0 atom stereocenters. The van der Waals surface area contributed by atoms with Gasteiger partial charge in [0.1, 0.15) is 0 Å². The molecular weight excluding hydrogens is 404 g/mol. The number of hydrogen-bond donors (Lipinski definition) is 3. The quantitative estimate of drug-likeness (QED) is 0.299. The van der Waals surface area contributed by atoms with Gasteiger partial charge >= 0.3 is 0 Å². The number of aryl methyl sites for hydroxylation is 3. The van der Waals surface area contributed by atoms with Crippen LogP contribution in [0.15, 0.2) is 59.6 Å². The molecular formula is C21H21ClN6S. The first-order chi connectivity index (χ1) is 13.9. The van der Waals surface area contributed by atoms with E-state index in [1.54, 1.807) is 0 Å². The summed E-state index contributed by atoms with van der Waals surface area (Å²) in [5.41, 5.74) is 4.30. The average Bonchev–Trinajstić information content (AvgIpc) is 2.64. The van der Waals surface area contributed by atoms with Crippen molar-refractivity contribution in [2.45, 2.75) is 20.8 Å². The minimum atomic E-state index is 0.286. The number of benzene rings is 2. The Kier molecular flexibility index (Phi) is 6.74. The number of nitrogens with zero attached hydrogens (tertiary/aromatic N) is 3. The Morgan fingerprint density at radius 2 is 1.55 bits per heavy atom. The molecule has 0 saturated heterocycles. The maximum Gasteiger partial charge on any atom is 0.229 e. The van der Waals surface area contributed by atoms with Crippen LogP contribution in [0.2, 0.25) is 5.02 Å². The first-order valence-electron chi connectivity index (χ1n) is 8.96. The van der Waals surface area contributed by atoms with E-state index in [-0.39, 0.29) is 5.11 Å². The van der Waals surface area contributed by atoms with Gasteiger partial charge in [-0.1, -0.05) is 35.9 Å². The number of nitrogens with one attached hydrogen (secondary N) is 3. The van der Waals surface area contributed by atoms with Crippen molar-refractivity contribution in [3.63, 3.8) is 0 Å². The monoisotopic (exact) mass is 424 g/mol. The number of anilines is 3. The Morgan fingerprint density at radius 3 is 2.21 bits per heavy atom. The molecule has 0 amide bonds. The number of rotatable bonds is 3. The molecule has 3 aromatic rings. The summed E-state index contributed by atoms with van der Waals surface area (Å²) in [5.74, 6) is 0.804. The summed E-state index contributed by atoms with van der Waals surface area (Å²) < 4.78 is 0. The molecule has 3 N–H and O–H groups in total. The first-order valence-corrected chi connectivity index (χ1v) is 9.75. The molecule has 1 heterocycles. The van der Waals surface area contributed by atoms with E-state index in [0.717, 1.165) is 28.3 Å². The number of aromatic nitrogens is 2. The van der Waals surface area contributed by atoms with Gasteiger partial charge < -0.3 is 10.6 Å². The van der Waals surface area contributed by atoms with Crippen molar-refractivity contribution in [2.24, 2.45) is 4.99 Å². The largest absolute Gasteiger partial charge is 0.331 e. The van der Waals surface area contributed by atoms with Crippen molar-refractivity contribution in [1.29, 1.82) is 0 Å². The lowest BCUT2D eigenvalue weighted by Crippen LogP contribution is -2.26.